The summed E-state index contributed by atoms with van der Waals surface area (Å²) < 4.78 is 23.0. The summed E-state index contributed by atoms with van der Waals surface area (Å²) in [6, 6.07) is 11.5. The minimum Gasteiger partial charge on any atom is -0.370 e. The lowest BCUT2D eigenvalue weighted by Gasteiger charge is -2.11. The molecule has 1 unspecified atom stereocenters. The molecule has 1 saturated heterocycles. The number of nitrogens with zero attached hydrogens (tertiary/aromatic N) is 2. The summed E-state index contributed by atoms with van der Waals surface area (Å²) in [5.74, 6) is 0.323. The van der Waals surface area contributed by atoms with Crippen LogP contribution in [-0.2, 0) is 16.3 Å². The van der Waals surface area contributed by atoms with Crippen LogP contribution >= 0.6 is 0 Å². The highest BCUT2D eigenvalue weighted by Crippen LogP contribution is 2.12. The first kappa shape index (κ1) is 18.3. The zero-order valence-electron chi connectivity index (χ0n) is 14.4. The van der Waals surface area contributed by atoms with E-state index < -0.39 is 9.84 Å². The number of aryl methyl sites for hydroxylation is 1. The Morgan fingerprint density at radius 2 is 2.00 bits per heavy atom. The van der Waals surface area contributed by atoms with Crippen LogP contribution < -0.4 is 10.6 Å². The number of amides is 1. The van der Waals surface area contributed by atoms with Crippen molar-refractivity contribution in [2.24, 2.45) is 0 Å². The van der Waals surface area contributed by atoms with Crippen LogP contribution in [0.2, 0.25) is 0 Å². The van der Waals surface area contributed by atoms with Gasteiger partial charge in [-0.1, -0.05) is 30.3 Å². The molecule has 3 rings (SSSR count). The zero-order valence-corrected chi connectivity index (χ0v) is 15.2. The minimum absolute atomic E-state index is 0.00554. The molecule has 0 bridgehead atoms. The summed E-state index contributed by atoms with van der Waals surface area (Å²) in [7, 11) is -3.03. The molecule has 7 nitrogen and oxygen atoms in total. The van der Waals surface area contributed by atoms with Crippen LogP contribution in [0, 0.1) is 0 Å². The van der Waals surface area contributed by atoms with E-state index in [9.17, 15) is 13.2 Å². The first-order valence-electron chi connectivity index (χ1n) is 8.63. The maximum atomic E-state index is 12.3. The van der Waals surface area contributed by atoms with E-state index in [0.717, 1.165) is 19.4 Å². The van der Waals surface area contributed by atoms with E-state index in [0.29, 0.717) is 12.2 Å². The standard InChI is InChI=1S/C18H22N4O3S/c23-18(22-15-8-10-26(24,25)12-15)16-11-17(21-13-20-16)19-9-4-7-14-5-2-1-3-6-14/h1-3,5-6,11,13,15H,4,7-10,12H2,(H,22,23)(H,19,20,21). The molecule has 26 heavy (non-hydrogen) atoms. The molecule has 1 atom stereocenters. The maximum Gasteiger partial charge on any atom is 0.270 e. The molecule has 1 aromatic heterocycles. The average Bonchev–Trinajstić information content (AvgIpc) is 2.98. The van der Waals surface area contributed by atoms with Gasteiger partial charge in [-0.3, -0.25) is 4.79 Å². The van der Waals surface area contributed by atoms with Gasteiger partial charge in [0.15, 0.2) is 9.84 Å². The highest BCUT2D eigenvalue weighted by molar-refractivity contribution is 7.91. The Balaban J connectivity index is 1.49. The fraction of sp³-hybridized carbons (Fsp3) is 0.389. The Labute approximate surface area is 153 Å². The molecule has 0 spiro atoms. The van der Waals surface area contributed by atoms with Crippen LogP contribution in [0.1, 0.15) is 28.9 Å². The lowest BCUT2D eigenvalue weighted by molar-refractivity contribution is 0.0936. The van der Waals surface area contributed by atoms with Gasteiger partial charge in [0.05, 0.1) is 11.5 Å². The number of carbonyl (C=O) groups excluding carboxylic acids is 1. The molecule has 0 aliphatic carbocycles. The van der Waals surface area contributed by atoms with Crippen LogP contribution in [0.3, 0.4) is 0 Å². The van der Waals surface area contributed by atoms with Crippen molar-refractivity contribution in [1.29, 1.82) is 0 Å². The van der Waals surface area contributed by atoms with Gasteiger partial charge in [-0.25, -0.2) is 18.4 Å². The molecule has 1 aliphatic heterocycles. The molecule has 1 fully saturated rings. The lowest BCUT2D eigenvalue weighted by atomic mass is 10.1. The van der Waals surface area contributed by atoms with Crippen LogP contribution in [0.5, 0.6) is 0 Å². The summed E-state index contributed by atoms with van der Waals surface area (Å²) in [6.45, 7) is 0.730. The Morgan fingerprint density at radius 3 is 2.73 bits per heavy atom. The van der Waals surface area contributed by atoms with Crippen LogP contribution in [0.15, 0.2) is 42.7 Å². The second-order valence-corrected chi connectivity index (χ2v) is 8.61. The van der Waals surface area contributed by atoms with Crippen LogP contribution in [0.4, 0.5) is 5.82 Å². The molecule has 1 aromatic carbocycles. The fourth-order valence-electron chi connectivity index (χ4n) is 2.90. The van der Waals surface area contributed by atoms with E-state index in [1.165, 1.54) is 11.9 Å². The van der Waals surface area contributed by atoms with E-state index in [1.54, 1.807) is 6.07 Å². The third kappa shape index (κ3) is 5.26. The molecule has 0 radical (unpaired) electrons. The van der Waals surface area contributed by atoms with Gasteiger partial charge in [-0.15, -0.1) is 0 Å². The number of benzene rings is 1. The van der Waals surface area contributed by atoms with E-state index in [4.69, 9.17) is 0 Å². The van der Waals surface area contributed by atoms with Crippen molar-refractivity contribution in [3.05, 3.63) is 54.0 Å². The number of sulfone groups is 1. The van der Waals surface area contributed by atoms with Gasteiger partial charge in [-0.2, -0.15) is 0 Å². The number of nitrogens with one attached hydrogen (secondary N) is 2. The second kappa shape index (κ2) is 8.27. The second-order valence-electron chi connectivity index (χ2n) is 6.38. The van der Waals surface area contributed by atoms with Crippen LogP contribution in [0.25, 0.3) is 0 Å². The molecule has 1 aliphatic rings. The van der Waals surface area contributed by atoms with E-state index in [2.05, 4.69) is 32.7 Å². The van der Waals surface area contributed by atoms with Crippen molar-refractivity contribution in [3.63, 3.8) is 0 Å². The molecular formula is C18H22N4O3S. The van der Waals surface area contributed by atoms with Crippen molar-refractivity contribution in [3.8, 4) is 0 Å². The Kier molecular flexibility index (Phi) is 5.82. The van der Waals surface area contributed by atoms with Crippen molar-refractivity contribution in [2.45, 2.75) is 25.3 Å². The maximum absolute atomic E-state index is 12.3. The van der Waals surface area contributed by atoms with Gasteiger partial charge in [0.2, 0.25) is 0 Å². The number of aromatic nitrogens is 2. The van der Waals surface area contributed by atoms with Gasteiger partial charge in [0.1, 0.15) is 17.8 Å². The van der Waals surface area contributed by atoms with Gasteiger partial charge < -0.3 is 10.6 Å². The number of rotatable bonds is 7. The monoisotopic (exact) mass is 374 g/mol. The highest BCUT2D eigenvalue weighted by Gasteiger charge is 2.29. The molecular weight excluding hydrogens is 352 g/mol. The summed E-state index contributed by atoms with van der Waals surface area (Å²) in [5, 5.41) is 5.92. The summed E-state index contributed by atoms with van der Waals surface area (Å²) in [6.07, 6.45) is 3.68. The SMILES string of the molecule is O=C(NC1CCS(=O)(=O)C1)c1cc(NCCCc2ccccc2)ncn1. The van der Waals surface area contributed by atoms with Gasteiger partial charge >= 0.3 is 0 Å². The molecule has 1 amide bonds. The molecule has 138 valence electrons. The number of carbonyl (C=O) groups is 1. The third-order valence-corrected chi connectivity index (χ3v) is 6.03. The van der Waals surface area contributed by atoms with Gasteiger partial charge in [0, 0.05) is 18.7 Å². The molecule has 8 heteroatoms. The van der Waals surface area contributed by atoms with Crippen molar-refractivity contribution < 1.29 is 13.2 Å². The van der Waals surface area contributed by atoms with Crippen LogP contribution in [-0.4, -0.2) is 48.4 Å². The number of hydrogen-bond donors (Lipinski definition) is 2. The highest BCUT2D eigenvalue weighted by atomic mass is 32.2. The summed E-state index contributed by atoms with van der Waals surface area (Å²) in [5.41, 5.74) is 1.51. The smallest absolute Gasteiger partial charge is 0.270 e. The van der Waals surface area contributed by atoms with Gasteiger partial charge in [-0.05, 0) is 24.8 Å². The van der Waals surface area contributed by atoms with Crippen molar-refractivity contribution in [1.82, 2.24) is 15.3 Å². The van der Waals surface area contributed by atoms with E-state index in [1.807, 2.05) is 18.2 Å². The number of hydrogen-bond acceptors (Lipinski definition) is 6. The fourth-order valence-corrected chi connectivity index (χ4v) is 4.57. The zero-order chi connectivity index (χ0) is 18.4. The molecule has 2 aromatic rings. The van der Waals surface area contributed by atoms with Gasteiger partial charge in [0.25, 0.3) is 5.91 Å². The predicted octanol–water partition coefficient (Wildman–Crippen LogP) is 1.44. The van der Waals surface area contributed by atoms with E-state index >= 15 is 0 Å². The predicted molar refractivity (Wildman–Crippen MR) is 99.8 cm³/mol. The molecule has 0 saturated carbocycles. The normalized spacial score (nSPS) is 18.4. The minimum atomic E-state index is -3.03. The number of anilines is 1. The lowest BCUT2D eigenvalue weighted by Crippen LogP contribution is -2.36. The first-order chi connectivity index (χ1) is 12.5. The Bertz CT molecular complexity index is 856. The quantitative estimate of drug-likeness (QED) is 0.711. The molecule has 2 heterocycles. The summed E-state index contributed by atoms with van der Waals surface area (Å²) >= 11 is 0. The topological polar surface area (TPSA) is 101 Å². The van der Waals surface area contributed by atoms with Crippen molar-refractivity contribution in [2.75, 3.05) is 23.4 Å². The average molecular weight is 374 g/mol. The third-order valence-electron chi connectivity index (χ3n) is 4.26. The molecule has 2 N–H and O–H groups in total. The van der Waals surface area contributed by atoms with E-state index in [-0.39, 0.29) is 29.1 Å². The van der Waals surface area contributed by atoms with Crippen molar-refractivity contribution >= 4 is 21.6 Å². The summed E-state index contributed by atoms with van der Waals surface area (Å²) in [4.78, 5) is 20.4. The first-order valence-corrected chi connectivity index (χ1v) is 10.5. The Hall–Kier alpha value is -2.48. The Morgan fingerprint density at radius 1 is 1.19 bits per heavy atom. The largest absolute Gasteiger partial charge is 0.370 e.